The maximum absolute atomic E-state index is 12.7. The summed E-state index contributed by atoms with van der Waals surface area (Å²) in [6, 6.07) is 10.6. The molecule has 4 heteroatoms. The number of nitrogens with one attached hydrogen (secondary N) is 1. The molecule has 0 aromatic heterocycles. The topological polar surface area (TPSA) is 35.6 Å². The number of hydrogen-bond donors (Lipinski definition) is 1. The summed E-state index contributed by atoms with van der Waals surface area (Å²) in [4.78, 5) is 17.3. The molecule has 0 unspecified atom stereocenters. The standard InChI is InChI=1S/C20H31N3O/c1-20(2)16-22(19(24)14-17-8-10-21-11-9-17)12-13-23(20)15-18-6-4-3-5-7-18/h3-7,17,21H,8-16H2,1-2H3. The normalized spacial score (nSPS) is 22.5. The molecule has 2 heterocycles. The first-order valence-electron chi connectivity index (χ1n) is 9.32. The zero-order chi connectivity index (χ0) is 17.0. The fraction of sp³-hybridized carbons (Fsp3) is 0.650. The molecule has 0 bridgehead atoms. The van der Waals surface area contributed by atoms with Crippen molar-refractivity contribution in [3.05, 3.63) is 35.9 Å². The number of nitrogens with zero attached hydrogens (tertiary/aromatic N) is 2. The Labute approximate surface area is 146 Å². The van der Waals surface area contributed by atoms with Crippen molar-refractivity contribution in [2.24, 2.45) is 5.92 Å². The Morgan fingerprint density at radius 1 is 1.17 bits per heavy atom. The first kappa shape index (κ1) is 17.4. The Hall–Kier alpha value is -1.39. The Balaban J connectivity index is 1.55. The molecular formula is C20H31N3O. The van der Waals surface area contributed by atoms with Crippen LogP contribution in [0.15, 0.2) is 30.3 Å². The van der Waals surface area contributed by atoms with Crippen LogP contribution in [0.25, 0.3) is 0 Å². The van der Waals surface area contributed by atoms with Crippen LogP contribution in [-0.2, 0) is 11.3 Å². The highest BCUT2D eigenvalue weighted by Crippen LogP contribution is 2.25. The minimum absolute atomic E-state index is 0.0257. The van der Waals surface area contributed by atoms with Gasteiger partial charge in [-0.3, -0.25) is 9.69 Å². The van der Waals surface area contributed by atoms with Crippen molar-refractivity contribution >= 4 is 5.91 Å². The quantitative estimate of drug-likeness (QED) is 0.922. The van der Waals surface area contributed by atoms with E-state index in [1.807, 2.05) is 0 Å². The first-order valence-corrected chi connectivity index (χ1v) is 9.32. The molecule has 3 rings (SSSR count). The van der Waals surface area contributed by atoms with Gasteiger partial charge < -0.3 is 10.2 Å². The van der Waals surface area contributed by atoms with Crippen molar-refractivity contribution in [1.29, 1.82) is 0 Å². The molecule has 2 saturated heterocycles. The van der Waals surface area contributed by atoms with Crippen LogP contribution in [0.2, 0.25) is 0 Å². The Kier molecular flexibility index (Phi) is 5.57. The fourth-order valence-corrected chi connectivity index (χ4v) is 3.96. The molecular weight excluding hydrogens is 298 g/mol. The molecule has 132 valence electrons. The van der Waals surface area contributed by atoms with Crippen LogP contribution in [0, 0.1) is 5.92 Å². The lowest BCUT2D eigenvalue weighted by atomic mass is 9.92. The van der Waals surface area contributed by atoms with E-state index in [1.54, 1.807) is 0 Å². The average Bonchev–Trinajstić information content (AvgIpc) is 2.58. The van der Waals surface area contributed by atoms with Crippen LogP contribution in [0.3, 0.4) is 0 Å². The number of piperazine rings is 1. The van der Waals surface area contributed by atoms with E-state index in [2.05, 4.69) is 59.3 Å². The van der Waals surface area contributed by atoms with E-state index < -0.39 is 0 Å². The first-order chi connectivity index (χ1) is 11.5. The summed E-state index contributed by atoms with van der Waals surface area (Å²) in [5.41, 5.74) is 1.37. The summed E-state index contributed by atoms with van der Waals surface area (Å²) in [6.45, 7) is 10.3. The minimum Gasteiger partial charge on any atom is -0.340 e. The lowest BCUT2D eigenvalue weighted by Gasteiger charge is -2.47. The van der Waals surface area contributed by atoms with Crippen molar-refractivity contribution < 1.29 is 4.79 Å². The van der Waals surface area contributed by atoms with Gasteiger partial charge in [0.05, 0.1) is 0 Å². The molecule has 1 amide bonds. The van der Waals surface area contributed by atoms with E-state index in [4.69, 9.17) is 0 Å². The van der Waals surface area contributed by atoms with Crippen molar-refractivity contribution in [1.82, 2.24) is 15.1 Å². The van der Waals surface area contributed by atoms with Crippen LogP contribution >= 0.6 is 0 Å². The van der Waals surface area contributed by atoms with Crippen molar-refractivity contribution in [2.75, 3.05) is 32.7 Å². The summed E-state index contributed by atoms with van der Waals surface area (Å²) >= 11 is 0. The van der Waals surface area contributed by atoms with Crippen LogP contribution in [-0.4, -0.2) is 54.0 Å². The molecule has 2 aliphatic heterocycles. The molecule has 0 spiro atoms. The lowest BCUT2D eigenvalue weighted by Crippen LogP contribution is -2.60. The third-order valence-electron chi connectivity index (χ3n) is 5.56. The highest BCUT2D eigenvalue weighted by atomic mass is 16.2. The number of amides is 1. The maximum Gasteiger partial charge on any atom is 0.222 e. The van der Waals surface area contributed by atoms with Crippen LogP contribution in [0.5, 0.6) is 0 Å². The van der Waals surface area contributed by atoms with E-state index in [-0.39, 0.29) is 5.54 Å². The van der Waals surface area contributed by atoms with Crippen molar-refractivity contribution in [2.45, 2.75) is 45.2 Å². The van der Waals surface area contributed by atoms with Gasteiger partial charge in [0, 0.05) is 38.1 Å². The number of benzene rings is 1. The SMILES string of the molecule is CC1(C)CN(C(=O)CC2CCNCC2)CCN1Cc1ccccc1. The molecule has 2 aliphatic rings. The van der Waals surface area contributed by atoms with Gasteiger partial charge in [0.2, 0.25) is 5.91 Å². The van der Waals surface area contributed by atoms with Gasteiger partial charge in [-0.15, -0.1) is 0 Å². The second kappa shape index (κ2) is 7.66. The molecule has 1 aromatic carbocycles. The predicted octanol–water partition coefficient (Wildman–Crippen LogP) is 2.50. The van der Waals surface area contributed by atoms with Crippen LogP contribution in [0.4, 0.5) is 0 Å². The highest BCUT2D eigenvalue weighted by molar-refractivity contribution is 5.76. The lowest BCUT2D eigenvalue weighted by molar-refractivity contribution is -0.137. The van der Waals surface area contributed by atoms with Crippen molar-refractivity contribution in [3.8, 4) is 0 Å². The molecule has 4 nitrogen and oxygen atoms in total. The number of carbonyl (C=O) groups excluding carboxylic acids is 1. The summed E-state index contributed by atoms with van der Waals surface area (Å²) in [5.74, 6) is 0.929. The van der Waals surface area contributed by atoms with Gasteiger partial charge in [-0.25, -0.2) is 0 Å². The minimum atomic E-state index is 0.0257. The Bertz CT molecular complexity index is 537. The molecule has 0 radical (unpaired) electrons. The van der Waals surface area contributed by atoms with Gasteiger partial charge in [-0.2, -0.15) is 0 Å². The Morgan fingerprint density at radius 2 is 1.88 bits per heavy atom. The molecule has 1 N–H and O–H groups in total. The molecule has 1 aromatic rings. The highest BCUT2D eigenvalue weighted by Gasteiger charge is 2.35. The van der Waals surface area contributed by atoms with Gasteiger partial charge in [-0.05, 0) is 51.3 Å². The van der Waals surface area contributed by atoms with Crippen molar-refractivity contribution in [3.63, 3.8) is 0 Å². The van der Waals surface area contributed by atoms with Gasteiger partial charge >= 0.3 is 0 Å². The van der Waals surface area contributed by atoms with E-state index in [0.717, 1.165) is 58.5 Å². The monoisotopic (exact) mass is 329 g/mol. The fourth-order valence-electron chi connectivity index (χ4n) is 3.96. The molecule has 0 saturated carbocycles. The number of piperidine rings is 1. The second-order valence-corrected chi connectivity index (χ2v) is 7.93. The molecule has 2 fully saturated rings. The van der Waals surface area contributed by atoms with Gasteiger partial charge in [0.15, 0.2) is 0 Å². The maximum atomic E-state index is 12.7. The van der Waals surface area contributed by atoms with E-state index in [0.29, 0.717) is 11.8 Å². The van der Waals surface area contributed by atoms with Gasteiger partial charge in [0.25, 0.3) is 0 Å². The summed E-state index contributed by atoms with van der Waals surface area (Å²) in [7, 11) is 0. The average molecular weight is 329 g/mol. The summed E-state index contributed by atoms with van der Waals surface area (Å²) in [5, 5.41) is 3.38. The molecule has 24 heavy (non-hydrogen) atoms. The second-order valence-electron chi connectivity index (χ2n) is 7.93. The smallest absolute Gasteiger partial charge is 0.222 e. The zero-order valence-corrected chi connectivity index (χ0v) is 15.1. The predicted molar refractivity (Wildman–Crippen MR) is 97.7 cm³/mol. The Morgan fingerprint density at radius 3 is 2.54 bits per heavy atom. The summed E-state index contributed by atoms with van der Waals surface area (Å²) < 4.78 is 0. The van der Waals surface area contributed by atoms with E-state index in [9.17, 15) is 4.79 Å². The summed E-state index contributed by atoms with van der Waals surface area (Å²) in [6.07, 6.45) is 3.02. The van der Waals surface area contributed by atoms with Gasteiger partial charge in [-0.1, -0.05) is 30.3 Å². The van der Waals surface area contributed by atoms with E-state index in [1.165, 1.54) is 5.56 Å². The molecule has 0 atom stereocenters. The largest absolute Gasteiger partial charge is 0.340 e. The van der Waals surface area contributed by atoms with Crippen LogP contribution in [0.1, 0.15) is 38.7 Å². The zero-order valence-electron chi connectivity index (χ0n) is 15.1. The third kappa shape index (κ3) is 4.37. The van der Waals surface area contributed by atoms with E-state index >= 15 is 0 Å². The third-order valence-corrected chi connectivity index (χ3v) is 5.56. The molecule has 0 aliphatic carbocycles. The number of rotatable bonds is 4. The van der Waals surface area contributed by atoms with Crippen LogP contribution < -0.4 is 5.32 Å². The number of hydrogen-bond acceptors (Lipinski definition) is 3. The van der Waals surface area contributed by atoms with Gasteiger partial charge in [0.1, 0.15) is 0 Å². The number of carbonyl (C=O) groups is 1.